The van der Waals surface area contributed by atoms with E-state index in [0.717, 1.165) is 19.6 Å². The smallest absolute Gasteiger partial charge is 0.0534 e. The molecular formula is C17H24N4O. The summed E-state index contributed by atoms with van der Waals surface area (Å²) in [5.74, 6) is 0.677. The molecule has 1 saturated heterocycles. The van der Waals surface area contributed by atoms with Gasteiger partial charge in [0.15, 0.2) is 0 Å². The highest BCUT2D eigenvalue weighted by Gasteiger charge is 2.33. The number of pyridine rings is 1. The molecule has 0 aromatic carbocycles. The third kappa shape index (κ3) is 3.20. The van der Waals surface area contributed by atoms with Crippen molar-refractivity contribution in [3.8, 4) is 0 Å². The molecule has 0 saturated carbocycles. The van der Waals surface area contributed by atoms with E-state index in [0.29, 0.717) is 17.9 Å². The summed E-state index contributed by atoms with van der Waals surface area (Å²) in [6.07, 6.45) is 7.74. The fraction of sp³-hybridized carbons (Fsp3) is 0.529. The van der Waals surface area contributed by atoms with Crippen LogP contribution in [-0.2, 0) is 6.54 Å². The van der Waals surface area contributed by atoms with E-state index in [4.69, 9.17) is 0 Å². The number of hydrogen-bond acceptors (Lipinski definition) is 4. The molecule has 0 aliphatic carbocycles. The van der Waals surface area contributed by atoms with Gasteiger partial charge in [-0.2, -0.15) is 5.10 Å². The lowest BCUT2D eigenvalue weighted by Crippen LogP contribution is -2.20. The van der Waals surface area contributed by atoms with E-state index in [9.17, 15) is 5.11 Å². The second-order valence-corrected chi connectivity index (χ2v) is 6.45. The summed E-state index contributed by atoms with van der Waals surface area (Å²) in [7, 11) is 0. The summed E-state index contributed by atoms with van der Waals surface area (Å²) in [5, 5.41) is 14.1. The number of likely N-dealkylation sites (tertiary alicyclic amines) is 1. The molecule has 2 aromatic rings. The van der Waals surface area contributed by atoms with Crippen LogP contribution in [-0.4, -0.2) is 44.5 Å². The molecule has 5 nitrogen and oxygen atoms in total. The summed E-state index contributed by atoms with van der Waals surface area (Å²) in [6.45, 7) is 7.29. The lowest BCUT2D eigenvalue weighted by molar-refractivity contribution is 0.214. The van der Waals surface area contributed by atoms with Crippen LogP contribution in [0.15, 0.2) is 36.9 Å². The summed E-state index contributed by atoms with van der Waals surface area (Å²) >= 11 is 0. The molecule has 0 amide bonds. The van der Waals surface area contributed by atoms with Gasteiger partial charge in [0, 0.05) is 68.3 Å². The van der Waals surface area contributed by atoms with E-state index in [1.165, 1.54) is 11.1 Å². The zero-order chi connectivity index (χ0) is 15.5. The monoisotopic (exact) mass is 300 g/mol. The van der Waals surface area contributed by atoms with Gasteiger partial charge in [-0.05, 0) is 31.5 Å². The molecule has 2 aromatic heterocycles. The van der Waals surface area contributed by atoms with Crippen molar-refractivity contribution in [2.45, 2.75) is 32.4 Å². The minimum Gasteiger partial charge on any atom is -0.396 e. The van der Waals surface area contributed by atoms with Gasteiger partial charge in [0.1, 0.15) is 0 Å². The van der Waals surface area contributed by atoms with Gasteiger partial charge in [0.05, 0.1) is 6.20 Å². The lowest BCUT2D eigenvalue weighted by Gasteiger charge is -2.16. The van der Waals surface area contributed by atoms with Crippen LogP contribution in [0.25, 0.3) is 0 Å². The highest BCUT2D eigenvalue weighted by Crippen LogP contribution is 2.32. The van der Waals surface area contributed by atoms with Crippen LogP contribution < -0.4 is 0 Å². The number of aliphatic hydroxyl groups is 1. The van der Waals surface area contributed by atoms with Gasteiger partial charge < -0.3 is 5.11 Å². The predicted molar refractivity (Wildman–Crippen MR) is 85.4 cm³/mol. The van der Waals surface area contributed by atoms with Crippen molar-refractivity contribution in [1.82, 2.24) is 19.7 Å². The van der Waals surface area contributed by atoms with Gasteiger partial charge in [-0.25, -0.2) is 0 Å². The Morgan fingerprint density at radius 3 is 2.68 bits per heavy atom. The Morgan fingerprint density at radius 1 is 1.27 bits per heavy atom. The highest BCUT2D eigenvalue weighted by molar-refractivity contribution is 5.20. The lowest BCUT2D eigenvalue weighted by atomic mass is 9.90. The Morgan fingerprint density at radius 2 is 2.05 bits per heavy atom. The number of aliphatic hydroxyl groups excluding tert-OH is 1. The number of aromatic nitrogens is 3. The fourth-order valence-corrected chi connectivity index (χ4v) is 3.26. The standard InChI is InChI=1S/C17H24N4O/c1-13(2)21-9-14(7-19-21)8-20-10-16(12-22)17(11-20)15-3-5-18-6-4-15/h3-7,9,13,16-17,22H,8,10-12H2,1-2H3/t16-,17-/m0/s1. The van der Waals surface area contributed by atoms with Crippen LogP contribution >= 0.6 is 0 Å². The van der Waals surface area contributed by atoms with Crippen molar-refractivity contribution in [2.75, 3.05) is 19.7 Å². The molecule has 22 heavy (non-hydrogen) atoms. The van der Waals surface area contributed by atoms with E-state index in [1.807, 2.05) is 23.3 Å². The SMILES string of the molecule is CC(C)n1cc(CN2C[C@@H](CO)[C@H](c3ccncc3)C2)cn1. The maximum absolute atomic E-state index is 9.70. The molecule has 1 fully saturated rings. The summed E-state index contributed by atoms with van der Waals surface area (Å²) in [4.78, 5) is 6.50. The molecule has 1 aliphatic rings. The zero-order valence-electron chi connectivity index (χ0n) is 13.3. The van der Waals surface area contributed by atoms with Gasteiger partial charge in [0.25, 0.3) is 0 Å². The summed E-state index contributed by atoms with van der Waals surface area (Å²) in [6, 6.07) is 4.52. The van der Waals surface area contributed by atoms with Gasteiger partial charge in [0.2, 0.25) is 0 Å². The Kier molecular flexibility index (Phi) is 4.55. The Balaban J connectivity index is 1.68. The molecule has 3 rings (SSSR count). The zero-order valence-corrected chi connectivity index (χ0v) is 13.3. The first kappa shape index (κ1) is 15.2. The van der Waals surface area contributed by atoms with Gasteiger partial charge >= 0.3 is 0 Å². The maximum atomic E-state index is 9.70. The third-order valence-corrected chi connectivity index (χ3v) is 4.48. The molecule has 0 bridgehead atoms. The van der Waals surface area contributed by atoms with Crippen LogP contribution in [0.5, 0.6) is 0 Å². The predicted octanol–water partition coefficient (Wildman–Crippen LogP) is 2.07. The van der Waals surface area contributed by atoms with Crippen LogP contribution in [0, 0.1) is 5.92 Å². The second kappa shape index (κ2) is 6.58. The van der Waals surface area contributed by atoms with Crippen LogP contribution in [0.4, 0.5) is 0 Å². The largest absolute Gasteiger partial charge is 0.396 e. The normalized spacial score (nSPS) is 22.5. The summed E-state index contributed by atoms with van der Waals surface area (Å²) < 4.78 is 2.00. The van der Waals surface area contributed by atoms with Crippen LogP contribution in [0.2, 0.25) is 0 Å². The minimum atomic E-state index is 0.231. The van der Waals surface area contributed by atoms with Gasteiger partial charge in [-0.1, -0.05) is 0 Å². The first-order valence-electron chi connectivity index (χ1n) is 7.93. The van der Waals surface area contributed by atoms with Crippen LogP contribution in [0.3, 0.4) is 0 Å². The molecule has 3 heterocycles. The Labute approximate surface area is 131 Å². The van der Waals surface area contributed by atoms with E-state index in [1.54, 1.807) is 0 Å². The Bertz CT molecular complexity index is 596. The maximum Gasteiger partial charge on any atom is 0.0534 e. The molecule has 1 aliphatic heterocycles. The molecule has 5 heteroatoms. The van der Waals surface area contributed by atoms with Crippen molar-refractivity contribution < 1.29 is 5.11 Å². The van der Waals surface area contributed by atoms with Gasteiger partial charge in [-0.3, -0.25) is 14.6 Å². The summed E-state index contributed by atoms with van der Waals surface area (Å²) in [5.41, 5.74) is 2.51. The topological polar surface area (TPSA) is 54.2 Å². The Hall–Kier alpha value is -1.72. The highest BCUT2D eigenvalue weighted by atomic mass is 16.3. The third-order valence-electron chi connectivity index (χ3n) is 4.48. The molecule has 0 unspecified atom stereocenters. The van der Waals surface area contributed by atoms with Crippen LogP contribution in [0.1, 0.15) is 36.9 Å². The first-order valence-corrected chi connectivity index (χ1v) is 7.93. The molecule has 0 radical (unpaired) electrons. The quantitative estimate of drug-likeness (QED) is 0.918. The number of nitrogens with zero attached hydrogens (tertiary/aromatic N) is 4. The van der Waals surface area contributed by atoms with Crippen molar-refractivity contribution in [3.05, 3.63) is 48.0 Å². The fourth-order valence-electron chi connectivity index (χ4n) is 3.26. The number of hydrogen-bond donors (Lipinski definition) is 1. The molecule has 1 N–H and O–H groups in total. The average Bonchev–Trinajstić information content (AvgIpc) is 3.15. The first-order chi connectivity index (χ1) is 10.7. The van der Waals surface area contributed by atoms with Crippen molar-refractivity contribution in [2.24, 2.45) is 5.92 Å². The van der Waals surface area contributed by atoms with E-state index >= 15 is 0 Å². The molecule has 2 atom stereocenters. The van der Waals surface area contributed by atoms with E-state index in [-0.39, 0.29) is 6.61 Å². The second-order valence-electron chi connectivity index (χ2n) is 6.45. The average molecular weight is 300 g/mol. The van der Waals surface area contributed by atoms with Crippen molar-refractivity contribution in [1.29, 1.82) is 0 Å². The number of rotatable bonds is 5. The van der Waals surface area contributed by atoms with Crippen molar-refractivity contribution >= 4 is 0 Å². The van der Waals surface area contributed by atoms with Gasteiger partial charge in [-0.15, -0.1) is 0 Å². The van der Waals surface area contributed by atoms with Crippen molar-refractivity contribution in [3.63, 3.8) is 0 Å². The minimum absolute atomic E-state index is 0.231. The molecule has 0 spiro atoms. The molecule has 118 valence electrons. The molecular weight excluding hydrogens is 276 g/mol. The van der Waals surface area contributed by atoms with E-state index in [2.05, 4.69) is 47.2 Å². The van der Waals surface area contributed by atoms with E-state index < -0.39 is 0 Å².